The van der Waals surface area contributed by atoms with E-state index in [1.807, 2.05) is 19.2 Å². The molecule has 0 aliphatic rings. The van der Waals surface area contributed by atoms with Crippen LogP contribution in [0.4, 0.5) is 5.69 Å². The van der Waals surface area contributed by atoms with E-state index in [4.69, 9.17) is 5.73 Å². The number of nitrogens with zero attached hydrogens (tertiary/aromatic N) is 2. The van der Waals surface area contributed by atoms with E-state index in [1.165, 1.54) is 16.8 Å². The minimum absolute atomic E-state index is 0.148. The van der Waals surface area contributed by atoms with Crippen LogP contribution >= 0.6 is 15.9 Å². The molecule has 20 heavy (non-hydrogen) atoms. The van der Waals surface area contributed by atoms with Gasteiger partial charge in [0.1, 0.15) is 0 Å². The number of nitrogens with two attached hydrogens (primary N) is 1. The minimum Gasteiger partial charge on any atom is -0.370 e. The lowest BCUT2D eigenvalue weighted by molar-refractivity contribution is 0.733. The van der Waals surface area contributed by atoms with Crippen LogP contribution in [0, 0.1) is 0 Å². The van der Waals surface area contributed by atoms with E-state index >= 15 is 0 Å². The van der Waals surface area contributed by atoms with Crippen molar-refractivity contribution in [3.8, 4) is 0 Å². The highest BCUT2D eigenvalue weighted by molar-refractivity contribution is 9.10. The maximum Gasteiger partial charge on any atom is 0.0441 e. The number of rotatable bonds is 5. The molecule has 1 heterocycles. The average molecular weight is 334 g/mol. The molecule has 0 fully saturated rings. The zero-order valence-electron chi connectivity index (χ0n) is 11.9. The van der Waals surface area contributed by atoms with E-state index in [0.717, 1.165) is 17.4 Å². The quantitative estimate of drug-likeness (QED) is 0.912. The molecule has 0 amide bonds. The van der Waals surface area contributed by atoms with Crippen LogP contribution in [-0.2, 0) is 13.0 Å². The summed E-state index contributed by atoms with van der Waals surface area (Å²) in [6.45, 7) is 2.87. The SMILES string of the molecule is CC(N)Cc1cc(Br)ccc1N(C)Cc1cccnc1. The fourth-order valence-corrected chi connectivity index (χ4v) is 2.70. The molecule has 0 aliphatic carbocycles. The average Bonchev–Trinajstić information content (AvgIpc) is 2.39. The van der Waals surface area contributed by atoms with Crippen molar-refractivity contribution in [3.05, 3.63) is 58.3 Å². The van der Waals surface area contributed by atoms with Gasteiger partial charge in [0.05, 0.1) is 0 Å². The smallest absolute Gasteiger partial charge is 0.0441 e. The van der Waals surface area contributed by atoms with Crippen LogP contribution in [0.15, 0.2) is 47.2 Å². The maximum absolute atomic E-state index is 5.95. The van der Waals surface area contributed by atoms with E-state index in [9.17, 15) is 0 Å². The Morgan fingerprint density at radius 1 is 1.35 bits per heavy atom. The van der Waals surface area contributed by atoms with E-state index in [1.54, 1.807) is 6.20 Å². The molecular weight excluding hydrogens is 314 g/mol. The number of aromatic nitrogens is 1. The molecule has 2 N–H and O–H groups in total. The minimum atomic E-state index is 0.148. The van der Waals surface area contributed by atoms with Gasteiger partial charge in [0.2, 0.25) is 0 Å². The Morgan fingerprint density at radius 3 is 2.80 bits per heavy atom. The standard InChI is InChI=1S/C16H20BrN3/c1-12(18)8-14-9-15(17)5-6-16(14)20(2)11-13-4-3-7-19-10-13/h3-7,9-10,12H,8,11,18H2,1-2H3. The largest absolute Gasteiger partial charge is 0.370 e. The van der Waals surface area contributed by atoms with E-state index < -0.39 is 0 Å². The highest BCUT2D eigenvalue weighted by Gasteiger charge is 2.10. The van der Waals surface area contributed by atoms with Gasteiger partial charge in [0.25, 0.3) is 0 Å². The van der Waals surface area contributed by atoms with Gasteiger partial charge in [-0.25, -0.2) is 0 Å². The number of pyridine rings is 1. The number of hydrogen-bond donors (Lipinski definition) is 1. The van der Waals surface area contributed by atoms with Crippen molar-refractivity contribution >= 4 is 21.6 Å². The van der Waals surface area contributed by atoms with Crippen molar-refractivity contribution in [1.82, 2.24) is 4.98 Å². The molecule has 4 heteroatoms. The molecule has 0 aliphatic heterocycles. The molecule has 3 nitrogen and oxygen atoms in total. The van der Waals surface area contributed by atoms with Crippen LogP contribution in [0.2, 0.25) is 0 Å². The molecule has 1 aromatic carbocycles. The third kappa shape index (κ3) is 4.05. The fraction of sp³-hybridized carbons (Fsp3) is 0.312. The highest BCUT2D eigenvalue weighted by atomic mass is 79.9. The summed E-state index contributed by atoms with van der Waals surface area (Å²) in [4.78, 5) is 6.40. The molecule has 0 spiro atoms. The van der Waals surface area contributed by atoms with Crippen molar-refractivity contribution in [2.45, 2.75) is 25.9 Å². The number of anilines is 1. The second-order valence-corrected chi connectivity index (χ2v) is 6.09. The van der Waals surface area contributed by atoms with Crippen molar-refractivity contribution in [3.63, 3.8) is 0 Å². The summed E-state index contributed by atoms with van der Waals surface area (Å²) in [5, 5.41) is 0. The molecule has 1 atom stereocenters. The third-order valence-corrected chi connectivity index (χ3v) is 3.63. The Balaban J connectivity index is 2.22. The molecule has 0 saturated heterocycles. The Morgan fingerprint density at radius 2 is 2.15 bits per heavy atom. The molecule has 0 bridgehead atoms. The van der Waals surface area contributed by atoms with Crippen molar-refractivity contribution in [2.75, 3.05) is 11.9 Å². The molecule has 1 aromatic heterocycles. The van der Waals surface area contributed by atoms with Gasteiger partial charge in [-0.2, -0.15) is 0 Å². The van der Waals surface area contributed by atoms with Gasteiger partial charge in [0, 0.05) is 42.2 Å². The van der Waals surface area contributed by atoms with E-state index in [-0.39, 0.29) is 6.04 Å². The molecular formula is C16H20BrN3. The molecule has 106 valence electrons. The summed E-state index contributed by atoms with van der Waals surface area (Å²) in [5.41, 5.74) is 9.63. The van der Waals surface area contributed by atoms with Gasteiger partial charge in [-0.05, 0) is 48.7 Å². The van der Waals surface area contributed by atoms with Gasteiger partial charge < -0.3 is 10.6 Å². The Kier molecular flexibility index (Phi) is 5.15. The zero-order chi connectivity index (χ0) is 14.5. The van der Waals surface area contributed by atoms with E-state index in [0.29, 0.717) is 0 Å². The van der Waals surface area contributed by atoms with Crippen LogP contribution in [0.3, 0.4) is 0 Å². The second kappa shape index (κ2) is 6.86. The van der Waals surface area contributed by atoms with Crippen LogP contribution in [0.1, 0.15) is 18.1 Å². The highest BCUT2D eigenvalue weighted by Crippen LogP contribution is 2.26. The summed E-state index contributed by atoms with van der Waals surface area (Å²) in [6, 6.07) is 10.6. The summed E-state index contributed by atoms with van der Waals surface area (Å²) in [6.07, 6.45) is 4.57. The van der Waals surface area contributed by atoms with Crippen LogP contribution in [0.5, 0.6) is 0 Å². The molecule has 0 radical (unpaired) electrons. The lowest BCUT2D eigenvalue weighted by Gasteiger charge is -2.23. The molecule has 2 aromatic rings. The zero-order valence-corrected chi connectivity index (χ0v) is 13.5. The van der Waals surface area contributed by atoms with Gasteiger partial charge in [0.15, 0.2) is 0 Å². The summed E-state index contributed by atoms with van der Waals surface area (Å²) in [5.74, 6) is 0. The van der Waals surface area contributed by atoms with Crippen molar-refractivity contribution < 1.29 is 0 Å². The van der Waals surface area contributed by atoms with E-state index in [2.05, 4.69) is 57.1 Å². The lowest BCUT2D eigenvalue weighted by Crippen LogP contribution is -2.22. The molecule has 0 saturated carbocycles. The fourth-order valence-electron chi connectivity index (χ4n) is 2.29. The topological polar surface area (TPSA) is 42.1 Å². The third-order valence-electron chi connectivity index (χ3n) is 3.14. The van der Waals surface area contributed by atoms with Crippen LogP contribution < -0.4 is 10.6 Å². The van der Waals surface area contributed by atoms with Crippen LogP contribution in [0.25, 0.3) is 0 Å². The summed E-state index contributed by atoms with van der Waals surface area (Å²) >= 11 is 3.53. The first-order chi connectivity index (χ1) is 9.56. The number of benzene rings is 1. The first kappa shape index (κ1) is 15.0. The second-order valence-electron chi connectivity index (χ2n) is 5.17. The Bertz CT molecular complexity index is 555. The van der Waals surface area contributed by atoms with Crippen LogP contribution in [-0.4, -0.2) is 18.1 Å². The lowest BCUT2D eigenvalue weighted by atomic mass is 10.0. The van der Waals surface area contributed by atoms with Crippen molar-refractivity contribution in [1.29, 1.82) is 0 Å². The van der Waals surface area contributed by atoms with Gasteiger partial charge in [-0.15, -0.1) is 0 Å². The number of hydrogen-bond acceptors (Lipinski definition) is 3. The monoisotopic (exact) mass is 333 g/mol. The normalized spacial score (nSPS) is 12.2. The summed E-state index contributed by atoms with van der Waals surface area (Å²) in [7, 11) is 2.10. The Labute approximate surface area is 129 Å². The van der Waals surface area contributed by atoms with Gasteiger partial charge in [-0.3, -0.25) is 4.98 Å². The predicted octanol–water partition coefficient (Wildman–Crippen LogP) is 3.37. The predicted molar refractivity (Wildman–Crippen MR) is 87.8 cm³/mol. The summed E-state index contributed by atoms with van der Waals surface area (Å²) < 4.78 is 1.09. The number of halogens is 1. The first-order valence-electron chi connectivity index (χ1n) is 6.70. The molecule has 1 unspecified atom stereocenters. The first-order valence-corrected chi connectivity index (χ1v) is 7.49. The molecule has 2 rings (SSSR count). The van der Waals surface area contributed by atoms with Crippen molar-refractivity contribution in [2.24, 2.45) is 5.73 Å². The Hall–Kier alpha value is -1.39. The van der Waals surface area contributed by atoms with Gasteiger partial charge >= 0.3 is 0 Å². The maximum atomic E-state index is 5.95. The van der Waals surface area contributed by atoms with Gasteiger partial charge in [-0.1, -0.05) is 22.0 Å².